The van der Waals surface area contributed by atoms with Crippen molar-refractivity contribution >= 4 is 27.5 Å². The molecule has 2 heterocycles. The lowest BCUT2D eigenvalue weighted by atomic mass is 10.3. The number of carbonyl (C=O) groups excluding carboxylic acids is 1. The average molecular weight is 322 g/mol. The molecule has 0 aliphatic carbocycles. The maximum atomic E-state index is 12.2. The van der Waals surface area contributed by atoms with Crippen molar-refractivity contribution < 1.29 is 17.7 Å². The molecule has 0 aromatic carbocycles. The fraction of sp³-hybridized carbons (Fsp3) is 0.636. The van der Waals surface area contributed by atoms with Gasteiger partial charge in [-0.3, -0.25) is 4.79 Å². The van der Waals surface area contributed by atoms with Crippen molar-refractivity contribution in [2.45, 2.75) is 18.1 Å². The molecule has 1 fully saturated rings. The fourth-order valence-electron chi connectivity index (χ4n) is 2.03. The number of hydrogen-bond donors (Lipinski definition) is 0. The summed E-state index contributed by atoms with van der Waals surface area (Å²) in [6.45, 7) is 2.87. The molecule has 0 radical (unpaired) electrons. The van der Waals surface area contributed by atoms with Crippen LogP contribution in [0.25, 0.3) is 0 Å². The molecule has 0 spiro atoms. The summed E-state index contributed by atoms with van der Waals surface area (Å²) < 4.78 is 30.3. The molecule has 1 aliphatic rings. The highest BCUT2D eigenvalue weighted by Gasteiger charge is 2.30. The standard InChI is InChI=1S/C11H16ClN3O4S/c1-9(12)11(16)14-3-5-15(6-4-14)20(17,18)8-10-2-7-19-13-10/h2,7,9H,3-6,8H2,1H3. The molecule has 112 valence electrons. The molecule has 1 amide bonds. The summed E-state index contributed by atoms with van der Waals surface area (Å²) in [5.74, 6) is -0.358. The number of amides is 1. The first-order chi connectivity index (χ1) is 9.40. The van der Waals surface area contributed by atoms with Crippen molar-refractivity contribution in [1.82, 2.24) is 14.4 Å². The molecule has 1 unspecified atom stereocenters. The first kappa shape index (κ1) is 15.3. The van der Waals surface area contributed by atoms with E-state index < -0.39 is 15.4 Å². The van der Waals surface area contributed by atoms with Crippen LogP contribution in [-0.2, 0) is 20.6 Å². The summed E-state index contributed by atoms with van der Waals surface area (Å²) in [5, 5.41) is 3.01. The second kappa shape index (κ2) is 6.11. The highest BCUT2D eigenvalue weighted by atomic mass is 35.5. The van der Waals surface area contributed by atoms with Crippen molar-refractivity contribution in [3.63, 3.8) is 0 Å². The number of nitrogens with zero attached hydrogens (tertiary/aromatic N) is 3. The first-order valence-electron chi connectivity index (χ1n) is 6.20. The van der Waals surface area contributed by atoms with Crippen LogP contribution >= 0.6 is 11.6 Å². The lowest BCUT2D eigenvalue weighted by Gasteiger charge is -2.34. The number of aromatic nitrogens is 1. The minimum atomic E-state index is -3.44. The van der Waals surface area contributed by atoms with E-state index in [9.17, 15) is 13.2 Å². The second-order valence-electron chi connectivity index (χ2n) is 4.59. The highest BCUT2D eigenvalue weighted by Crippen LogP contribution is 2.14. The number of piperazine rings is 1. The van der Waals surface area contributed by atoms with E-state index in [-0.39, 0.29) is 24.7 Å². The second-order valence-corrected chi connectivity index (χ2v) is 7.21. The number of alkyl halides is 1. The number of halogens is 1. The summed E-state index contributed by atoms with van der Waals surface area (Å²) in [4.78, 5) is 13.3. The Morgan fingerprint density at radius 2 is 2.10 bits per heavy atom. The lowest BCUT2D eigenvalue weighted by Crippen LogP contribution is -2.52. The molecule has 1 saturated heterocycles. The summed E-state index contributed by atoms with van der Waals surface area (Å²) in [6, 6.07) is 1.52. The molecule has 0 saturated carbocycles. The van der Waals surface area contributed by atoms with E-state index in [1.165, 1.54) is 16.6 Å². The van der Waals surface area contributed by atoms with Crippen LogP contribution < -0.4 is 0 Å². The third kappa shape index (κ3) is 3.50. The van der Waals surface area contributed by atoms with Gasteiger partial charge in [0, 0.05) is 32.2 Å². The molecule has 1 aromatic rings. The van der Waals surface area contributed by atoms with Gasteiger partial charge < -0.3 is 9.42 Å². The van der Waals surface area contributed by atoms with Crippen LogP contribution in [0.3, 0.4) is 0 Å². The highest BCUT2D eigenvalue weighted by molar-refractivity contribution is 7.88. The molecular weight excluding hydrogens is 306 g/mol. The van der Waals surface area contributed by atoms with Crippen LogP contribution in [0.5, 0.6) is 0 Å². The molecule has 0 bridgehead atoms. The number of sulfonamides is 1. The topological polar surface area (TPSA) is 83.7 Å². The van der Waals surface area contributed by atoms with Crippen LogP contribution in [0, 0.1) is 0 Å². The summed E-state index contributed by atoms with van der Waals surface area (Å²) in [7, 11) is -3.44. The van der Waals surface area contributed by atoms with Gasteiger partial charge in [-0.15, -0.1) is 11.6 Å². The molecule has 2 rings (SSSR count). The Hall–Kier alpha value is -1.12. The van der Waals surface area contributed by atoms with E-state index in [4.69, 9.17) is 11.6 Å². The lowest BCUT2D eigenvalue weighted by molar-refractivity contribution is -0.131. The van der Waals surface area contributed by atoms with Gasteiger partial charge in [-0.05, 0) is 6.92 Å². The smallest absolute Gasteiger partial charge is 0.240 e. The van der Waals surface area contributed by atoms with Gasteiger partial charge in [0.25, 0.3) is 0 Å². The Morgan fingerprint density at radius 3 is 2.60 bits per heavy atom. The van der Waals surface area contributed by atoms with Gasteiger partial charge in [-0.25, -0.2) is 8.42 Å². The van der Waals surface area contributed by atoms with Gasteiger partial charge >= 0.3 is 0 Å². The van der Waals surface area contributed by atoms with E-state index in [0.29, 0.717) is 18.8 Å². The maximum absolute atomic E-state index is 12.2. The van der Waals surface area contributed by atoms with Gasteiger partial charge in [0.1, 0.15) is 17.4 Å². The Morgan fingerprint density at radius 1 is 1.45 bits per heavy atom. The molecule has 1 aromatic heterocycles. The molecule has 1 atom stereocenters. The Kier molecular flexibility index (Phi) is 4.66. The molecular formula is C11H16ClN3O4S. The Balaban J connectivity index is 1.94. The largest absolute Gasteiger partial charge is 0.364 e. The predicted octanol–water partition coefficient (Wildman–Crippen LogP) is 0.276. The van der Waals surface area contributed by atoms with E-state index in [0.717, 1.165) is 0 Å². The predicted molar refractivity (Wildman–Crippen MR) is 72.6 cm³/mol. The summed E-state index contributed by atoms with van der Waals surface area (Å²) in [6.07, 6.45) is 1.34. The first-order valence-corrected chi connectivity index (χ1v) is 8.24. The molecule has 1 aliphatic heterocycles. The zero-order valence-electron chi connectivity index (χ0n) is 11.0. The third-order valence-electron chi connectivity index (χ3n) is 3.11. The van der Waals surface area contributed by atoms with Crippen LogP contribution in [0.15, 0.2) is 16.9 Å². The Bertz CT molecular complexity index is 550. The molecule has 7 nitrogen and oxygen atoms in total. The molecule has 9 heteroatoms. The third-order valence-corrected chi connectivity index (χ3v) is 5.10. The number of rotatable bonds is 4. The maximum Gasteiger partial charge on any atom is 0.240 e. The summed E-state index contributed by atoms with van der Waals surface area (Å²) >= 11 is 5.74. The number of carbonyl (C=O) groups is 1. The van der Waals surface area contributed by atoms with Crippen LogP contribution in [0.2, 0.25) is 0 Å². The van der Waals surface area contributed by atoms with E-state index in [1.54, 1.807) is 11.8 Å². The SMILES string of the molecule is CC(Cl)C(=O)N1CCN(S(=O)(=O)Cc2ccon2)CC1. The van der Waals surface area contributed by atoms with E-state index in [1.807, 2.05) is 0 Å². The zero-order valence-corrected chi connectivity index (χ0v) is 12.6. The minimum absolute atomic E-state index is 0.166. The average Bonchev–Trinajstić information content (AvgIpc) is 2.90. The normalized spacial score (nSPS) is 19.0. The van der Waals surface area contributed by atoms with Gasteiger partial charge in [0.05, 0.1) is 5.69 Å². The fourth-order valence-corrected chi connectivity index (χ4v) is 3.59. The van der Waals surface area contributed by atoms with Gasteiger partial charge in [0.2, 0.25) is 15.9 Å². The molecule has 20 heavy (non-hydrogen) atoms. The molecule has 0 N–H and O–H groups in total. The van der Waals surface area contributed by atoms with Gasteiger partial charge in [-0.2, -0.15) is 4.31 Å². The minimum Gasteiger partial charge on any atom is -0.364 e. The Labute approximate surface area is 122 Å². The monoisotopic (exact) mass is 321 g/mol. The van der Waals surface area contributed by atoms with Gasteiger partial charge in [-0.1, -0.05) is 5.16 Å². The number of hydrogen-bond acceptors (Lipinski definition) is 5. The van der Waals surface area contributed by atoms with Crippen LogP contribution in [0.1, 0.15) is 12.6 Å². The van der Waals surface area contributed by atoms with Crippen molar-refractivity contribution in [2.75, 3.05) is 26.2 Å². The van der Waals surface area contributed by atoms with Crippen molar-refractivity contribution in [3.05, 3.63) is 18.0 Å². The summed E-state index contributed by atoms with van der Waals surface area (Å²) in [5.41, 5.74) is 0.373. The van der Waals surface area contributed by atoms with Gasteiger partial charge in [0.15, 0.2) is 0 Å². The quantitative estimate of drug-likeness (QED) is 0.744. The van der Waals surface area contributed by atoms with Crippen LogP contribution in [-0.4, -0.2) is 60.2 Å². The van der Waals surface area contributed by atoms with Crippen LogP contribution in [0.4, 0.5) is 0 Å². The van der Waals surface area contributed by atoms with E-state index in [2.05, 4.69) is 9.68 Å². The van der Waals surface area contributed by atoms with Crippen molar-refractivity contribution in [2.24, 2.45) is 0 Å². The zero-order chi connectivity index (χ0) is 14.8. The van der Waals surface area contributed by atoms with Crippen molar-refractivity contribution in [3.8, 4) is 0 Å². The van der Waals surface area contributed by atoms with Crippen molar-refractivity contribution in [1.29, 1.82) is 0 Å². The van der Waals surface area contributed by atoms with E-state index >= 15 is 0 Å².